The number of hydrogen-bond acceptors (Lipinski definition) is 4. The van der Waals surface area contributed by atoms with Crippen LogP contribution in [0.2, 0.25) is 0 Å². The minimum atomic E-state index is -4.75. The van der Waals surface area contributed by atoms with E-state index < -0.39 is 6.36 Å². The van der Waals surface area contributed by atoms with E-state index >= 15 is 0 Å². The number of benzene rings is 2. The average Bonchev–Trinajstić information content (AvgIpc) is 2.73. The number of carbonyl (C=O) groups is 1. The molecule has 0 bridgehead atoms. The summed E-state index contributed by atoms with van der Waals surface area (Å²) in [7, 11) is 0. The maximum absolute atomic E-state index is 12.6. The van der Waals surface area contributed by atoms with Crippen LogP contribution in [0.1, 0.15) is 17.9 Å². The Bertz CT molecular complexity index is 890. The number of amides is 1. The first-order valence-corrected chi connectivity index (χ1v) is 9.37. The summed E-state index contributed by atoms with van der Waals surface area (Å²) < 4.78 is 45.9. The van der Waals surface area contributed by atoms with Crippen molar-refractivity contribution in [3.63, 3.8) is 0 Å². The lowest BCUT2D eigenvalue weighted by Crippen LogP contribution is -2.40. The molecule has 1 saturated heterocycles. The fraction of sp³-hybridized carbons (Fsp3) is 0.318. The highest BCUT2D eigenvalue weighted by Crippen LogP contribution is 2.29. The van der Waals surface area contributed by atoms with Crippen LogP contribution >= 0.6 is 0 Å². The van der Waals surface area contributed by atoms with Crippen molar-refractivity contribution in [2.75, 3.05) is 25.0 Å². The van der Waals surface area contributed by atoms with E-state index in [2.05, 4.69) is 21.3 Å². The first-order valence-electron chi connectivity index (χ1n) is 9.37. The van der Waals surface area contributed by atoms with Crippen LogP contribution in [-0.4, -0.2) is 32.0 Å². The van der Waals surface area contributed by atoms with Gasteiger partial charge in [0.05, 0.1) is 5.92 Å². The first-order chi connectivity index (χ1) is 14.3. The number of anilines is 1. The number of ether oxygens (including phenoxy) is 2. The highest BCUT2D eigenvalue weighted by molar-refractivity contribution is 5.92. The van der Waals surface area contributed by atoms with E-state index in [0.717, 1.165) is 24.2 Å². The van der Waals surface area contributed by atoms with Crippen LogP contribution in [0.15, 0.2) is 48.5 Å². The molecule has 1 heterocycles. The molecule has 0 unspecified atom stereocenters. The van der Waals surface area contributed by atoms with Crippen molar-refractivity contribution in [2.24, 2.45) is 5.92 Å². The van der Waals surface area contributed by atoms with Gasteiger partial charge in [0.15, 0.2) is 0 Å². The Labute approximate surface area is 172 Å². The van der Waals surface area contributed by atoms with Gasteiger partial charge in [-0.15, -0.1) is 19.6 Å². The van der Waals surface area contributed by atoms with E-state index in [4.69, 9.17) is 11.2 Å². The number of terminal acetylenes is 1. The van der Waals surface area contributed by atoms with Crippen molar-refractivity contribution >= 4 is 11.6 Å². The first kappa shape index (κ1) is 21.5. The van der Waals surface area contributed by atoms with Gasteiger partial charge in [-0.05, 0) is 54.3 Å². The minimum absolute atomic E-state index is 0.152. The van der Waals surface area contributed by atoms with Crippen LogP contribution in [0.25, 0.3) is 0 Å². The molecule has 30 heavy (non-hydrogen) atoms. The average molecular weight is 418 g/mol. The quantitative estimate of drug-likeness (QED) is 0.698. The molecule has 1 amide bonds. The second-order valence-electron chi connectivity index (χ2n) is 6.91. The smallest absolute Gasteiger partial charge is 0.481 e. The zero-order chi connectivity index (χ0) is 21.6. The van der Waals surface area contributed by atoms with Gasteiger partial charge >= 0.3 is 6.36 Å². The van der Waals surface area contributed by atoms with Gasteiger partial charge in [0.25, 0.3) is 0 Å². The highest BCUT2D eigenvalue weighted by Gasteiger charge is 2.31. The summed E-state index contributed by atoms with van der Waals surface area (Å²) in [5.41, 5.74) is 1.49. The monoisotopic (exact) mass is 418 g/mol. The third kappa shape index (κ3) is 6.16. The van der Waals surface area contributed by atoms with E-state index in [1.807, 2.05) is 24.3 Å². The largest absolute Gasteiger partial charge is 0.573 e. The molecule has 8 heteroatoms. The zero-order valence-electron chi connectivity index (χ0n) is 16.0. The number of alkyl halides is 3. The fourth-order valence-electron chi connectivity index (χ4n) is 3.34. The van der Waals surface area contributed by atoms with Gasteiger partial charge in [0.2, 0.25) is 5.91 Å². The molecule has 1 fully saturated rings. The molecule has 1 aliphatic rings. The Kier molecular flexibility index (Phi) is 6.85. The van der Waals surface area contributed by atoms with Crippen molar-refractivity contribution in [1.29, 1.82) is 0 Å². The molecule has 3 rings (SSSR count). The van der Waals surface area contributed by atoms with Gasteiger partial charge in [0, 0.05) is 18.8 Å². The maximum atomic E-state index is 12.6. The van der Waals surface area contributed by atoms with Gasteiger partial charge in [-0.25, -0.2) is 0 Å². The Morgan fingerprint density at radius 3 is 2.40 bits per heavy atom. The second-order valence-corrected chi connectivity index (χ2v) is 6.91. The van der Waals surface area contributed by atoms with E-state index in [0.29, 0.717) is 24.4 Å². The van der Waals surface area contributed by atoms with Gasteiger partial charge < -0.3 is 20.1 Å². The van der Waals surface area contributed by atoms with Crippen molar-refractivity contribution in [1.82, 2.24) is 5.32 Å². The summed E-state index contributed by atoms with van der Waals surface area (Å²) in [5, 5.41) is 6.02. The molecular weight excluding hydrogens is 397 g/mol. The third-order valence-electron chi connectivity index (χ3n) is 4.75. The number of nitrogens with one attached hydrogen (secondary N) is 2. The van der Waals surface area contributed by atoms with Crippen molar-refractivity contribution in [2.45, 2.75) is 18.7 Å². The molecule has 2 atom stereocenters. The molecular formula is C22H21F3N2O3. The normalized spacial score (nSPS) is 18.9. The molecule has 158 valence electrons. The van der Waals surface area contributed by atoms with Crippen LogP contribution in [0.3, 0.4) is 0 Å². The van der Waals surface area contributed by atoms with Crippen molar-refractivity contribution in [3.05, 3.63) is 54.1 Å². The van der Waals surface area contributed by atoms with E-state index in [1.165, 1.54) is 12.1 Å². The van der Waals surface area contributed by atoms with E-state index in [-0.39, 0.29) is 30.1 Å². The lowest BCUT2D eigenvalue weighted by Gasteiger charge is -2.29. The van der Waals surface area contributed by atoms with E-state index in [1.54, 1.807) is 0 Å². The van der Waals surface area contributed by atoms with Gasteiger partial charge in [-0.1, -0.05) is 18.1 Å². The Morgan fingerprint density at radius 2 is 1.77 bits per heavy atom. The molecule has 0 aliphatic carbocycles. The highest BCUT2D eigenvalue weighted by atomic mass is 19.4. The van der Waals surface area contributed by atoms with E-state index in [9.17, 15) is 18.0 Å². The predicted molar refractivity (Wildman–Crippen MR) is 106 cm³/mol. The lowest BCUT2D eigenvalue weighted by molar-refractivity contribution is -0.274. The molecule has 0 spiro atoms. The van der Waals surface area contributed by atoms with Crippen LogP contribution in [0.5, 0.6) is 11.5 Å². The topological polar surface area (TPSA) is 59.6 Å². The Morgan fingerprint density at radius 1 is 1.10 bits per heavy atom. The standard InChI is InChI=1S/C22H21F3N2O3/c1-2-11-29-19-7-3-15(4-8-19)16-12-17(14-26-13-16)21(28)27-18-5-9-20(10-6-18)30-22(23,24)25/h1,3-10,16-17,26H,11-14H2,(H,27,28)/t16-,17-/m1/s1. The summed E-state index contributed by atoms with van der Waals surface area (Å²) in [6.45, 7) is 1.48. The summed E-state index contributed by atoms with van der Waals surface area (Å²) >= 11 is 0. The molecule has 0 saturated carbocycles. The molecule has 2 aromatic rings. The SMILES string of the molecule is C#CCOc1ccc([C@H]2CNC[C@H](C(=O)Nc3ccc(OC(F)(F)F)cc3)C2)cc1. The van der Waals surface area contributed by atoms with Crippen molar-refractivity contribution in [3.8, 4) is 23.8 Å². The molecule has 1 aliphatic heterocycles. The van der Waals surface area contributed by atoms with Crippen LogP contribution < -0.4 is 20.1 Å². The van der Waals surface area contributed by atoms with Crippen LogP contribution in [-0.2, 0) is 4.79 Å². The van der Waals surface area contributed by atoms with Crippen LogP contribution in [0, 0.1) is 18.3 Å². The number of piperidine rings is 1. The Balaban J connectivity index is 1.57. The zero-order valence-corrected chi connectivity index (χ0v) is 16.0. The molecule has 2 N–H and O–H groups in total. The number of halogens is 3. The summed E-state index contributed by atoms with van der Waals surface area (Å²) in [5.74, 6) is 2.45. The summed E-state index contributed by atoms with van der Waals surface area (Å²) in [6, 6.07) is 12.7. The predicted octanol–water partition coefficient (Wildman–Crippen LogP) is 3.93. The van der Waals surface area contributed by atoms with Crippen LogP contribution in [0.4, 0.5) is 18.9 Å². The third-order valence-corrected chi connectivity index (χ3v) is 4.75. The van der Waals surface area contributed by atoms with Gasteiger partial charge in [0.1, 0.15) is 18.1 Å². The lowest BCUT2D eigenvalue weighted by atomic mass is 9.85. The summed E-state index contributed by atoms with van der Waals surface area (Å²) in [4.78, 5) is 12.6. The maximum Gasteiger partial charge on any atom is 0.573 e. The number of hydrogen-bond donors (Lipinski definition) is 2. The Hall–Kier alpha value is -3.18. The van der Waals surface area contributed by atoms with Gasteiger partial charge in [-0.2, -0.15) is 0 Å². The molecule has 2 aromatic carbocycles. The minimum Gasteiger partial charge on any atom is -0.481 e. The molecule has 0 radical (unpaired) electrons. The molecule has 0 aromatic heterocycles. The fourth-order valence-corrected chi connectivity index (χ4v) is 3.34. The van der Waals surface area contributed by atoms with Crippen molar-refractivity contribution < 1.29 is 27.4 Å². The second kappa shape index (κ2) is 9.55. The summed E-state index contributed by atoms with van der Waals surface area (Å²) in [6.07, 6.45) is 1.08. The van der Waals surface area contributed by atoms with Gasteiger partial charge in [-0.3, -0.25) is 4.79 Å². The number of carbonyl (C=O) groups excluding carboxylic acids is 1. The molecule has 5 nitrogen and oxygen atoms in total. The number of rotatable bonds is 6.